The van der Waals surface area contributed by atoms with Crippen molar-refractivity contribution in [1.82, 2.24) is 5.32 Å². The molecule has 132 valence electrons. The zero-order valence-corrected chi connectivity index (χ0v) is 17.0. The molecule has 1 fully saturated rings. The zero-order chi connectivity index (χ0) is 18.0. The summed E-state index contributed by atoms with van der Waals surface area (Å²) >= 11 is 1.82. The van der Waals surface area contributed by atoms with Crippen LogP contribution in [0.25, 0.3) is 0 Å². The fourth-order valence-corrected chi connectivity index (χ4v) is 2.69. The summed E-state index contributed by atoms with van der Waals surface area (Å²) in [6.07, 6.45) is 10.8. The Labute approximate surface area is 162 Å². The molecular formula is C20H26ClNORu. The predicted octanol–water partition coefficient (Wildman–Crippen LogP) is 3.78. The Balaban J connectivity index is 0.00000139. The second-order valence-corrected chi connectivity index (χ2v) is 6.83. The molecule has 0 amide bonds. The molecule has 0 aliphatic heterocycles. The van der Waals surface area contributed by atoms with E-state index in [0.717, 1.165) is 18.5 Å². The minimum atomic E-state index is -0.728. The molecule has 0 saturated heterocycles. The van der Waals surface area contributed by atoms with Crippen molar-refractivity contribution in [3.63, 3.8) is 0 Å². The molecule has 6 radical (unpaired) electrons. The van der Waals surface area contributed by atoms with Gasteiger partial charge in [0.15, 0.2) is 0 Å². The minimum absolute atomic E-state index is 0.0857. The van der Waals surface area contributed by atoms with E-state index >= 15 is 0 Å². The van der Waals surface area contributed by atoms with E-state index in [2.05, 4.69) is 54.5 Å². The fourth-order valence-electron chi connectivity index (χ4n) is 2.69. The monoisotopic (exact) mass is 433 g/mol. The molecule has 1 aliphatic rings. The van der Waals surface area contributed by atoms with Crippen molar-refractivity contribution in [2.45, 2.75) is 39.3 Å². The Kier molecular flexibility index (Phi) is 10.7. The summed E-state index contributed by atoms with van der Waals surface area (Å²) in [4.78, 5) is 0. The zero-order valence-electron chi connectivity index (χ0n) is 14.5. The van der Waals surface area contributed by atoms with Crippen LogP contribution in [0.2, 0.25) is 0 Å². The van der Waals surface area contributed by atoms with Gasteiger partial charge in [0.1, 0.15) is 0 Å². The van der Waals surface area contributed by atoms with Crippen LogP contribution in [-0.4, -0.2) is 12.6 Å². The summed E-state index contributed by atoms with van der Waals surface area (Å²) < 4.78 is 0. The Morgan fingerprint density at radius 2 is 1.67 bits per heavy atom. The number of hydrogen-bond acceptors (Lipinski definition) is 2. The van der Waals surface area contributed by atoms with Crippen LogP contribution in [-0.2, 0) is 17.3 Å². The van der Waals surface area contributed by atoms with E-state index in [1.165, 1.54) is 5.92 Å². The van der Waals surface area contributed by atoms with Gasteiger partial charge in [-0.05, 0) is 55.9 Å². The summed E-state index contributed by atoms with van der Waals surface area (Å²) in [5, 5.41) is 15.9. The molecule has 4 heteroatoms. The predicted molar refractivity (Wildman–Crippen MR) is 95.6 cm³/mol. The van der Waals surface area contributed by atoms with Gasteiger partial charge < -0.3 is 10.4 Å². The molecule has 0 aromatic heterocycles. The van der Waals surface area contributed by atoms with Gasteiger partial charge in [-0.2, -0.15) is 0 Å². The van der Waals surface area contributed by atoms with E-state index in [1.807, 2.05) is 61.0 Å². The number of nitrogens with one attached hydrogen (secondary N) is 1. The van der Waals surface area contributed by atoms with Crippen LogP contribution in [0.15, 0.2) is 30.3 Å². The summed E-state index contributed by atoms with van der Waals surface area (Å²) in [5.41, 5.74) is 0.967. The van der Waals surface area contributed by atoms with Crippen molar-refractivity contribution >= 4 is 9.69 Å². The van der Waals surface area contributed by atoms with E-state index in [9.17, 15) is 5.11 Å². The molecular weight excluding hydrogens is 407 g/mol. The molecule has 2 nitrogen and oxygen atoms in total. The molecule has 2 rings (SSSR count). The van der Waals surface area contributed by atoms with Crippen molar-refractivity contribution < 1.29 is 22.4 Å². The van der Waals surface area contributed by atoms with Gasteiger partial charge >= 0.3 is 27.0 Å². The Morgan fingerprint density at radius 3 is 2.25 bits per heavy atom. The Bertz CT molecular complexity index is 435. The third-order valence-electron chi connectivity index (χ3n) is 4.01. The van der Waals surface area contributed by atoms with E-state index in [-0.39, 0.29) is 11.5 Å². The number of halogens is 1. The first-order chi connectivity index (χ1) is 11.5. The average Bonchev–Trinajstić information content (AvgIpc) is 2.62. The quantitative estimate of drug-likeness (QED) is 0.665. The van der Waals surface area contributed by atoms with Gasteiger partial charge in [0.25, 0.3) is 0 Å². The molecule has 24 heavy (non-hydrogen) atoms. The first-order valence-corrected chi connectivity index (χ1v) is 10.3. The van der Waals surface area contributed by atoms with Crippen molar-refractivity contribution in [3.05, 3.63) is 73.9 Å². The normalized spacial score (nSPS) is 18.4. The summed E-state index contributed by atoms with van der Waals surface area (Å²) in [5.74, 6) is 1.34. The van der Waals surface area contributed by atoms with E-state index in [4.69, 9.17) is 0 Å². The fraction of sp³-hybridized carbons (Fsp3) is 0.400. The van der Waals surface area contributed by atoms with Gasteiger partial charge in [0, 0.05) is 6.54 Å². The Morgan fingerprint density at radius 1 is 1.08 bits per heavy atom. The molecule has 1 N–H and O–H groups in total. The second-order valence-electron chi connectivity index (χ2n) is 6.83. The van der Waals surface area contributed by atoms with Crippen molar-refractivity contribution in [2.24, 2.45) is 5.41 Å². The number of benzene rings is 1. The van der Waals surface area contributed by atoms with Crippen molar-refractivity contribution in [1.29, 1.82) is 0 Å². The van der Waals surface area contributed by atoms with Gasteiger partial charge in [-0.15, -0.1) is 0 Å². The van der Waals surface area contributed by atoms with Crippen molar-refractivity contribution in [2.75, 3.05) is 6.54 Å². The third-order valence-corrected chi connectivity index (χ3v) is 4.01. The van der Waals surface area contributed by atoms with Crippen LogP contribution < -0.4 is 10.4 Å². The van der Waals surface area contributed by atoms with E-state index in [0.29, 0.717) is 0 Å². The van der Waals surface area contributed by atoms with Crippen LogP contribution >= 0.6 is 9.69 Å². The molecule has 1 saturated carbocycles. The average molecular weight is 433 g/mol. The third kappa shape index (κ3) is 7.96. The molecule has 0 spiro atoms. The first-order valence-electron chi connectivity index (χ1n) is 8.09. The van der Waals surface area contributed by atoms with Crippen LogP contribution in [0.3, 0.4) is 0 Å². The topological polar surface area (TPSA) is 35.1 Å². The van der Waals surface area contributed by atoms with Crippen LogP contribution in [0.5, 0.6) is 0 Å². The van der Waals surface area contributed by atoms with E-state index in [1.54, 1.807) is 0 Å². The number of hydrogen-bond donors (Lipinski definition) is 1. The summed E-state index contributed by atoms with van der Waals surface area (Å²) in [6, 6.07) is 9.52. The van der Waals surface area contributed by atoms with E-state index < -0.39 is 6.10 Å². The molecule has 1 aromatic rings. The maximum absolute atomic E-state index is 12.4. The maximum atomic E-state index is 12.4. The van der Waals surface area contributed by atoms with Gasteiger partial charge in [-0.25, -0.2) is 0 Å². The summed E-state index contributed by atoms with van der Waals surface area (Å²) in [6.45, 7) is 7.28. The van der Waals surface area contributed by atoms with Gasteiger partial charge in [0.05, 0.1) is 0 Å². The van der Waals surface area contributed by atoms with Gasteiger partial charge in [-0.1, -0.05) is 62.8 Å². The summed E-state index contributed by atoms with van der Waals surface area (Å²) in [7, 11) is 4.57. The molecule has 2 atom stereocenters. The van der Waals surface area contributed by atoms with Crippen molar-refractivity contribution in [3.8, 4) is 0 Å². The SMILES string of the molecule is C[C@H](NCC(C)(C)C[C]1[CH][CH][CH][CH][CH]1)[C@H]([O-])c1ccccc1.[Cl][Ru+]. The first kappa shape index (κ1) is 22.1. The molecule has 0 bridgehead atoms. The molecule has 1 aliphatic carbocycles. The van der Waals surface area contributed by atoms with Gasteiger partial charge in [0.2, 0.25) is 0 Å². The standard InChI is InChI=1S/C20H26NO.ClH.Ru/c1-16(19(22)18-12-8-5-9-13-18)21-15-20(2,3)14-17-10-6-4-7-11-17;;/h4-13,16,19,21H,14-15H2,1-3H3;1H;/q-1;;+2/p-1/t16-,19-;;/m0../s1. The van der Waals surface area contributed by atoms with Gasteiger partial charge in [-0.3, -0.25) is 0 Å². The second kappa shape index (κ2) is 11.6. The molecule has 0 heterocycles. The molecule has 1 aromatic carbocycles. The van der Waals surface area contributed by atoms with Crippen LogP contribution in [0.4, 0.5) is 0 Å². The molecule has 0 unspecified atom stereocenters. The van der Waals surface area contributed by atoms with Crippen LogP contribution in [0.1, 0.15) is 38.9 Å². The number of rotatable bonds is 7. The Hall–Kier alpha value is 0.0534. The van der Waals surface area contributed by atoms with Crippen LogP contribution in [0, 0.1) is 43.4 Å².